The van der Waals surface area contributed by atoms with E-state index in [0.29, 0.717) is 0 Å². The average molecular weight is 246 g/mol. The molecule has 0 aliphatic rings. The fraction of sp³-hybridized carbons (Fsp3) is 0.357. The molecule has 1 N–H and O–H groups in total. The molecular weight excluding hydrogens is 228 g/mol. The van der Waals surface area contributed by atoms with Crippen molar-refractivity contribution in [2.45, 2.75) is 32.7 Å². The first-order valence-electron chi connectivity index (χ1n) is 5.87. The van der Waals surface area contributed by atoms with E-state index < -0.39 is 0 Å². The predicted octanol–water partition coefficient (Wildman–Crippen LogP) is 4.41. The summed E-state index contributed by atoms with van der Waals surface area (Å²) in [4.78, 5) is 4.33. The van der Waals surface area contributed by atoms with Gasteiger partial charge in [-0.2, -0.15) is 0 Å². The Kier molecular flexibility index (Phi) is 3.48. The zero-order chi connectivity index (χ0) is 12.3. The number of anilines is 1. The van der Waals surface area contributed by atoms with Crippen LogP contribution in [0.2, 0.25) is 0 Å². The molecule has 1 aromatic heterocycles. The number of thiazole rings is 1. The van der Waals surface area contributed by atoms with Gasteiger partial charge in [-0.25, -0.2) is 4.98 Å². The van der Waals surface area contributed by atoms with E-state index in [1.165, 1.54) is 5.56 Å². The minimum absolute atomic E-state index is 0.126. The van der Waals surface area contributed by atoms with Gasteiger partial charge >= 0.3 is 0 Å². The summed E-state index contributed by atoms with van der Waals surface area (Å²) in [5.41, 5.74) is 5.37. The third kappa shape index (κ3) is 3.07. The second-order valence-electron chi connectivity index (χ2n) is 4.82. The molecule has 0 aliphatic heterocycles. The van der Waals surface area contributed by atoms with Crippen molar-refractivity contribution in [1.29, 1.82) is 0 Å². The van der Waals surface area contributed by atoms with Crippen LogP contribution in [0.3, 0.4) is 0 Å². The molecule has 0 radical (unpaired) electrons. The molecule has 2 rings (SSSR count). The number of rotatable bonds is 4. The van der Waals surface area contributed by atoms with Crippen LogP contribution in [0, 0.1) is 0 Å². The number of nitrogens with zero attached hydrogens (tertiary/aromatic N) is 1. The van der Waals surface area contributed by atoms with E-state index in [-0.39, 0.29) is 5.54 Å². The van der Waals surface area contributed by atoms with Gasteiger partial charge in [0.15, 0.2) is 0 Å². The Morgan fingerprint density at radius 3 is 2.82 bits per heavy atom. The Balaban J connectivity index is 2.23. The Labute approximate surface area is 107 Å². The maximum atomic E-state index is 4.33. The van der Waals surface area contributed by atoms with Crippen LogP contribution >= 0.6 is 11.3 Å². The SMILES string of the molecule is CCC(C)(C)Nc1cccc(-c2cscn2)c1. The molecule has 3 heteroatoms. The molecule has 1 aromatic carbocycles. The van der Waals surface area contributed by atoms with Crippen molar-refractivity contribution in [2.75, 3.05) is 5.32 Å². The van der Waals surface area contributed by atoms with Gasteiger partial charge in [0.05, 0.1) is 11.2 Å². The smallest absolute Gasteiger partial charge is 0.0811 e. The molecule has 0 aliphatic carbocycles. The number of aromatic nitrogens is 1. The molecule has 0 spiro atoms. The highest BCUT2D eigenvalue weighted by atomic mass is 32.1. The molecule has 0 saturated carbocycles. The molecule has 0 saturated heterocycles. The number of hydrogen-bond donors (Lipinski definition) is 1. The fourth-order valence-electron chi connectivity index (χ4n) is 1.59. The van der Waals surface area contributed by atoms with Crippen LogP contribution in [0.15, 0.2) is 35.2 Å². The van der Waals surface area contributed by atoms with Gasteiger partial charge in [-0.1, -0.05) is 19.1 Å². The molecule has 2 aromatic rings. The second-order valence-corrected chi connectivity index (χ2v) is 5.54. The predicted molar refractivity (Wildman–Crippen MR) is 75.5 cm³/mol. The van der Waals surface area contributed by atoms with Crippen molar-refractivity contribution in [3.63, 3.8) is 0 Å². The topological polar surface area (TPSA) is 24.9 Å². The van der Waals surface area contributed by atoms with Gasteiger partial charge < -0.3 is 5.32 Å². The van der Waals surface area contributed by atoms with Crippen LogP contribution in [0.1, 0.15) is 27.2 Å². The summed E-state index contributed by atoms with van der Waals surface area (Å²) in [5.74, 6) is 0. The Bertz CT molecular complexity index is 475. The molecule has 0 atom stereocenters. The van der Waals surface area contributed by atoms with Gasteiger partial charge in [0.2, 0.25) is 0 Å². The third-order valence-electron chi connectivity index (χ3n) is 2.96. The zero-order valence-electron chi connectivity index (χ0n) is 10.5. The summed E-state index contributed by atoms with van der Waals surface area (Å²) in [7, 11) is 0. The average Bonchev–Trinajstić information content (AvgIpc) is 2.82. The van der Waals surface area contributed by atoms with E-state index in [2.05, 4.69) is 60.7 Å². The summed E-state index contributed by atoms with van der Waals surface area (Å²) in [6.07, 6.45) is 1.09. The van der Waals surface area contributed by atoms with Crippen molar-refractivity contribution in [2.24, 2.45) is 0 Å². The standard InChI is InChI=1S/C14H18N2S/c1-4-14(2,3)16-12-7-5-6-11(8-12)13-9-17-10-15-13/h5-10,16H,4H2,1-3H3. The van der Waals surface area contributed by atoms with Crippen molar-refractivity contribution >= 4 is 17.0 Å². The lowest BCUT2D eigenvalue weighted by atomic mass is 10.0. The number of nitrogens with one attached hydrogen (secondary N) is 1. The third-order valence-corrected chi connectivity index (χ3v) is 3.54. The van der Waals surface area contributed by atoms with E-state index in [9.17, 15) is 0 Å². The van der Waals surface area contributed by atoms with Crippen molar-refractivity contribution < 1.29 is 0 Å². The maximum Gasteiger partial charge on any atom is 0.0811 e. The zero-order valence-corrected chi connectivity index (χ0v) is 11.3. The summed E-state index contributed by atoms with van der Waals surface area (Å²) in [6.45, 7) is 6.61. The summed E-state index contributed by atoms with van der Waals surface area (Å²) in [5, 5.41) is 5.62. The van der Waals surface area contributed by atoms with E-state index in [1.54, 1.807) is 11.3 Å². The molecule has 2 nitrogen and oxygen atoms in total. The summed E-state index contributed by atoms with van der Waals surface area (Å²) >= 11 is 1.63. The lowest BCUT2D eigenvalue weighted by Crippen LogP contribution is -2.29. The minimum atomic E-state index is 0.126. The van der Waals surface area contributed by atoms with Crippen molar-refractivity contribution in [1.82, 2.24) is 4.98 Å². The monoisotopic (exact) mass is 246 g/mol. The van der Waals surface area contributed by atoms with Crippen LogP contribution in [-0.2, 0) is 0 Å². The van der Waals surface area contributed by atoms with Crippen LogP contribution in [0.5, 0.6) is 0 Å². The molecule has 0 fully saturated rings. The van der Waals surface area contributed by atoms with Gasteiger partial charge in [-0.3, -0.25) is 0 Å². The van der Waals surface area contributed by atoms with Gasteiger partial charge in [0, 0.05) is 22.2 Å². The fourth-order valence-corrected chi connectivity index (χ4v) is 2.15. The first-order valence-corrected chi connectivity index (χ1v) is 6.82. The molecule has 17 heavy (non-hydrogen) atoms. The second kappa shape index (κ2) is 4.88. The van der Waals surface area contributed by atoms with E-state index in [0.717, 1.165) is 17.8 Å². The van der Waals surface area contributed by atoms with Gasteiger partial charge in [0.1, 0.15) is 0 Å². The van der Waals surface area contributed by atoms with Crippen LogP contribution in [0.25, 0.3) is 11.3 Å². The Morgan fingerprint density at radius 2 is 2.18 bits per heavy atom. The largest absolute Gasteiger partial charge is 0.380 e. The highest BCUT2D eigenvalue weighted by Gasteiger charge is 2.14. The molecular formula is C14H18N2S. The maximum absolute atomic E-state index is 4.33. The highest BCUT2D eigenvalue weighted by Crippen LogP contribution is 2.24. The Hall–Kier alpha value is -1.35. The lowest BCUT2D eigenvalue weighted by molar-refractivity contribution is 0.547. The van der Waals surface area contributed by atoms with Gasteiger partial charge in [-0.05, 0) is 32.4 Å². The molecule has 0 bridgehead atoms. The lowest BCUT2D eigenvalue weighted by Gasteiger charge is -2.26. The normalized spacial score (nSPS) is 11.5. The minimum Gasteiger partial charge on any atom is -0.380 e. The Morgan fingerprint density at radius 1 is 1.35 bits per heavy atom. The molecule has 0 amide bonds. The van der Waals surface area contributed by atoms with Gasteiger partial charge in [-0.15, -0.1) is 11.3 Å². The first-order chi connectivity index (χ1) is 8.11. The van der Waals surface area contributed by atoms with E-state index in [1.807, 2.05) is 5.51 Å². The number of hydrogen-bond acceptors (Lipinski definition) is 3. The van der Waals surface area contributed by atoms with Crippen LogP contribution < -0.4 is 5.32 Å². The van der Waals surface area contributed by atoms with Crippen LogP contribution in [-0.4, -0.2) is 10.5 Å². The van der Waals surface area contributed by atoms with Crippen molar-refractivity contribution in [3.8, 4) is 11.3 Å². The summed E-state index contributed by atoms with van der Waals surface area (Å²) in [6, 6.07) is 8.43. The van der Waals surface area contributed by atoms with E-state index >= 15 is 0 Å². The molecule has 90 valence electrons. The highest BCUT2D eigenvalue weighted by molar-refractivity contribution is 7.07. The van der Waals surface area contributed by atoms with Gasteiger partial charge in [0.25, 0.3) is 0 Å². The molecule has 1 heterocycles. The quantitative estimate of drug-likeness (QED) is 0.864. The summed E-state index contributed by atoms with van der Waals surface area (Å²) < 4.78 is 0. The van der Waals surface area contributed by atoms with Crippen LogP contribution in [0.4, 0.5) is 5.69 Å². The first kappa shape index (κ1) is 12.1. The molecule has 0 unspecified atom stereocenters. The number of benzene rings is 1. The van der Waals surface area contributed by atoms with Crippen molar-refractivity contribution in [3.05, 3.63) is 35.2 Å². The van der Waals surface area contributed by atoms with E-state index in [4.69, 9.17) is 0 Å².